The third-order valence-electron chi connectivity index (χ3n) is 3.97. The van der Waals surface area contributed by atoms with Crippen molar-refractivity contribution in [2.75, 3.05) is 23.4 Å². The summed E-state index contributed by atoms with van der Waals surface area (Å²) in [5.41, 5.74) is 1.65. The molecule has 3 rings (SSSR count). The Balaban J connectivity index is 1.59. The van der Waals surface area contributed by atoms with Crippen molar-refractivity contribution in [3.63, 3.8) is 0 Å². The fourth-order valence-electron chi connectivity index (χ4n) is 2.72. The molecular formula is C19H19FN2O3. The van der Waals surface area contributed by atoms with E-state index in [1.54, 1.807) is 36.1 Å². The number of ether oxygens (including phenoxy) is 1. The van der Waals surface area contributed by atoms with Crippen LogP contribution in [0.15, 0.2) is 42.5 Å². The molecule has 2 amide bonds. The molecule has 1 aliphatic rings. The van der Waals surface area contributed by atoms with Crippen molar-refractivity contribution < 1.29 is 18.7 Å². The molecule has 0 atom stereocenters. The van der Waals surface area contributed by atoms with Gasteiger partial charge in [-0.3, -0.25) is 9.59 Å². The van der Waals surface area contributed by atoms with Gasteiger partial charge < -0.3 is 15.0 Å². The van der Waals surface area contributed by atoms with Crippen LogP contribution in [0.3, 0.4) is 0 Å². The van der Waals surface area contributed by atoms with Gasteiger partial charge in [-0.05, 0) is 43.2 Å². The van der Waals surface area contributed by atoms with E-state index in [0.29, 0.717) is 18.7 Å². The Morgan fingerprint density at radius 1 is 1.28 bits per heavy atom. The van der Waals surface area contributed by atoms with Crippen LogP contribution in [0.5, 0.6) is 5.75 Å². The largest absolute Gasteiger partial charge is 0.484 e. The molecule has 1 N–H and O–H groups in total. The molecule has 1 saturated heterocycles. The highest BCUT2D eigenvalue weighted by Crippen LogP contribution is 2.25. The topological polar surface area (TPSA) is 58.6 Å². The minimum absolute atomic E-state index is 0.0877. The van der Waals surface area contributed by atoms with Crippen LogP contribution in [0, 0.1) is 12.7 Å². The first kappa shape index (κ1) is 17.0. The van der Waals surface area contributed by atoms with Crippen molar-refractivity contribution in [1.29, 1.82) is 0 Å². The lowest BCUT2D eigenvalue weighted by molar-refractivity contribution is -0.118. The molecule has 6 heteroatoms. The van der Waals surface area contributed by atoms with E-state index in [4.69, 9.17) is 4.74 Å². The summed E-state index contributed by atoms with van der Waals surface area (Å²) in [6.07, 6.45) is 1.39. The van der Waals surface area contributed by atoms with Gasteiger partial charge in [-0.15, -0.1) is 0 Å². The third kappa shape index (κ3) is 4.15. The van der Waals surface area contributed by atoms with E-state index in [2.05, 4.69) is 5.32 Å². The molecule has 130 valence electrons. The maximum atomic E-state index is 13.7. The number of amides is 2. The molecule has 2 aromatic carbocycles. The van der Waals surface area contributed by atoms with E-state index in [1.165, 1.54) is 12.1 Å². The van der Waals surface area contributed by atoms with E-state index in [0.717, 1.165) is 17.7 Å². The summed E-state index contributed by atoms with van der Waals surface area (Å²) in [6, 6.07) is 11.6. The highest BCUT2D eigenvalue weighted by atomic mass is 19.1. The molecule has 1 aliphatic heterocycles. The van der Waals surface area contributed by atoms with Gasteiger partial charge >= 0.3 is 0 Å². The van der Waals surface area contributed by atoms with Crippen LogP contribution in [0.4, 0.5) is 15.8 Å². The summed E-state index contributed by atoms with van der Waals surface area (Å²) >= 11 is 0. The van der Waals surface area contributed by atoms with Gasteiger partial charge in [0.1, 0.15) is 11.6 Å². The Bertz CT molecular complexity index is 807. The van der Waals surface area contributed by atoms with Crippen molar-refractivity contribution in [3.05, 3.63) is 53.8 Å². The molecule has 0 radical (unpaired) electrons. The lowest BCUT2D eigenvalue weighted by Crippen LogP contribution is -2.24. The SMILES string of the molecule is Cc1ccc(NC(=O)COc2cccc(N3CCCC3=O)c2)c(F)c1. The van der Waals surface area contributed by atoms with E-state index >= 15 is 0 Å². The van der Waals surface area contributed by atoms with E-state index < -0.39 is 11.7 Å². The Hall–Kier alpha value is -2.89. The highest BCUT2D eigenvalue weighted by Gasteiger charge is 2.21. The zero-order chi connectivity index (χ0) is 17.8. The maximum absolute atomic E-state index is 13.7. The number of carbonyl (C=O) groups is 2. The number of rotatable bonds is 5. The van der Waals surface area contributed by atoms with Crippen molar-refractivity contribution in [2.24, 2.45) is 0 Å². The summed E-state index contributed by atoms with van der Waals surface area (Å²) in [4.78, 5) is 25.4. The fraction of sp³-hybridized carbons (Fsp3) is 0.263. The van der Waals surface area contributed by atoms with Crippen LogP contribution >= 0.6 is 0 Å². The number of benzene rings is 2. The van der Waals surface area contributed by atoms with Crippen molar-refractivity contribution in [3.8, 4) is 5.75 Å². The van der Waals surface area contributed by atoms with E-state index in [9.17, 15) is 14.0 Å². The quantitative estimate of drug-likeness (QED) is 0.907. The molecule has 0 saturated carbocycles. The predicted octanol–water partition coefficient (Wildman–Crippen LogP) is 3.28. The Labute approximate surface area is 145 Å². The van der Waals surface area contributed by atoms with Crippen LogP contribution in [-0.4, -0.2) is 25.0 Å². The minimum Gasteiger partial charge on any atom is -0.484 e. The molecule has 1 fully saturated rings. The number of hydrogen-bond acceptors (Lipinski definition) is 3. The second-order valence-corrected chi connectivity index (χ2v) is 5.97. The second-order valence-electron chi connectivity index (χ2n) is 5.97. The Morgan fingerprint density at radius 3 is 2.84 bits per heavy atom. The fourth-order valence-corrected chi connectivity index (χ4v) is 2.72. The van der Waals surface area contributed by atoms with Crippen LogP contribution in [0.2, 0.25) is 0 Å². The average Bonchev–Trinajstić information content (AvgIpc) is 3.02. The first-order valence-corrected chi connectivity index (χ1v) is 8.12. The van der Waals surface area contributed by atoms with Crippen molar-refractivity contribution >= 4 is 23.2 Å². The third-order valence-corrected chi connectivity index (χ3v) is 3.97. The van der Waals surface area contributed by atoms with E-state index in [-0.39, 0.29) is 18.2 Å². The standard InChI is InChI=1S/C19H19FN2O3/c1-13-7-8-17(16(20)10-13)21-18(23)12-25-15-5-2-4-14(11-15)22-9-3-6-19(22)24/h2,4-5,7-8,10-11H,3,6,9,12H2,1H3,(H,21,23). The molecule has 0 bridgehead atoms. The van der Waals surface area contributed by atoms with Crippen molar-refractivity contribution in [2.45, 2.75) is 19.8 Å². The molecular weight excluding hydrogens is 323 g/mol. The van der Waals surface area contributed by atoms with Gasteiger partial charge in [-0.1, -0.05) is 12.1 Å². The lowest BCUT2D eigenvalue weighted by atomic mass is 10.2. The van der Waals surface area contributed by atoms with Crippen molar-refractivity contribution in [1.82, 2.24) is 0 Å². The normalized spacial score (nSPS) is 13.8. The van der Waals surface area contributed by atoms with E-state index in [1.807, 2.05) is 6.07 Å². The first-order valence-electron chi connectivity index (χ1n) is 8.12. The number of halogens is 1. The first-order chi connectivity index (χ1) is 12.0. The number of anilines is 2. The zero-order valence-electron chi connectivity index (χ0n) is 13.9. The molecule has 1 heterocycles. The predicted molar refractivity (Wildman–Crippen MR) is 93.3 cm³/mol. The Morgan fingerprint density at radius 2 is 2.12 bits per heavy atom. The number of hydrogen-bond donors (Lipinski definition) is 1. The second kappa shape index (κ2) is 7.34. The molecule has 25 heavy (non-hydrogen) atoms. The molecule has 0 aromatic heterocycles. The smallest absolute Gasteiger partial charge is 0.262 e. The van der Waals surface area contributed by atoms with Crippen LogP contribution in [-0.2, 0) is 9.59 Å². The van der Waals surface area contributed by atoms with Crippen LogP contribution < -0.4 is 15.0 Å². The minimum atomic E-state index is -0.483. The van der Waals surface area contributed by atoms with Gasteiger partial charge in [0, 0.05) is 24.7 Å². The van der Waals surface area contributed by atoms with Crippen LogP contribution in [0.25, 0.3) is 0 Å². The highest BCUT2D eigenvalue weighted by molar-refractivity contribution is 5.95. The zero-order valence-corrected chi connectivity index (χ0v) is 13.9. The molecule has 0 spiro atoms. The molecule has 0 unspecified atom stereocenters. The number of aryl methyl sites for hydroxylation is 1. The van der Waals surface area contributed by atoms with Gasteiger partial charge in [-0.25, -0.2) is 4.39 Å². The monoisotopic (exact) mass is 342 g/mol. The lowest BCUT2D eigenvalue weighted by Gasteiger charge is -2.16. The Kier molecular flexibility index (Phi) is 4.97. The molecule has 5 nitrogen and oxygen atoms in total. The van der Waals surface area contributed by atoms with Gasteiger partial charge in [-0.2, -0.15) is 0 Å². The molecule has 2 aromatic rings. The summed E-state index contributed by atoms with van der Waals surface area (Å²) in [6.45, 7) is 2.22. The van der Waals surface area contributed by atoms with Gasteiger partial charge in [0.15, 0.2) is 6.61 Å². The van der Waals surface area contributed by atoms with Gasteiger partial charge in [0.05, 0.1) is 5.69 Å². The number of nitrogens with zero attached hydrogens (tertiary/aromatic N) is 1. The molecule has 0 aliphatic carbocycles. The van der Waals surface area contributed by atoms with Crippen LogP contribution in [0.1, 0.15) is 18.4 Å². The van der Waals surface area contributed by atoms with Gasteiger partial charge in [0.25, 0.3) is 5.91 Å². The average molecular weight is 342 g/mol. The summed E-state index contributed by atoms with van der Waals surface area (Å²) < 4.78 is 19.2. The summed E-state index contributed by atoms with van der Waals surface area (Å²) in [5.74, 6) is -0.366. The summed E-state index contributed by atoms with van der Waals surface area (Å²) in [5, 5.41) is 2.48. The number of carbonyl (C=O) groups excluding carboxylic acids is 2. The number of nitrogens with one attached hydrogen (secondary N) is 1. The van der Waals surface area contributed by atoms with Gasteiger partial charge in [0.2, 0.25) is 5.91 Å². The summed E-state index contributed by atoms with van der Waals surface area (Å²) in [7, 11) is 0. The maximum Gasteiger partial charge on any atom is 0.262 e.